The number of hydrogen-bond acceptors (Lipinski definition) is 1. The first-order chi connectivity index (χ1) is 10.2. The van der Waals surface area contributed by atoms with Crippen LogP contribution in [0.25, 0.3) is 11.1 Å². The molecule has 0 spiro atoms. The Kier molecular flexibility index (Phi) is 4.57. The lowest BCUT2D eigenvalue weighted by atomic mass is 9.99. The molecule has 0 aromatic heterocycles. The fraction of sp³-hybridized carbons (Fsp3) is 0.278. The Morgan fingerprint density at radius 3 is 2.36 bits per heavy atom. The van der Waals surface area contributed by atoms with Gasteiger partial charge in [-0.1, -0.05) is 23.7 Å². The normalized spacial score (nSPS) is 11.4. The molecule has 2 nitrogen and oxygen atoms in total. The average Bonchev–Trinajstić information content (AvgIpc) is 2.39. The summed E-state index contributed by atoms with van der Waals surface area (Å²) >= 11 is 5.71. The molecule has 2 aromatic rings. The lowest BCUT2D eigenvalue weighted by molar-refractivity contribution is 0.0919. The van der Waals surface area contributed by atoms with Crippen LogP contribution in [0.5, 0.6) is 0 Å². The van der Waals surface area contributed by atoms with Gasteiger partial charge in [0.15, 0.2) is 0 Å². The molecule has 0 aliphatic carbocycles. The maximum absolute atomic E-state index is 13.6. The van der Waals surface area contributed by atoms with E-state index in [9.17, 15) is 9.18 Å². The quantitative estimate of drug-likeness (QED) is 0.830. The molecule has 1 amide bonds. The highest BCUT2D eigenvalue weighted by atomic mass is 35.5. The van der Waals surface area contributed by atoms with Gasteiger partial charge in [0.05, 0.1) is 5.02 Å². The number of carbonyl (C=O) groups is 1. The molecule has 116 valence electrons. The van der Waals surface area contributed by atoms with Gasteiger partial charge in [-0.05, 0) is 68.7 Å². The monoisotopic (exact) mass is 319 g/mol. The van der Waals surface area contributed by atoms with Gasteiger partial charge in [-0.3, -0.25) is 4.79 Å². The second kappa shape index (κ2) is 6.09. The SMILES string of the molecule is Cc1cc(C(=O)NC(C)(C)C)cc(-c2ccc(Cl)c(F)c2)c1. The lowest BCUT2D eigenvalue weighted by Gasteiger charge is -2.21. The van der Waals surface area contributed by atoms with Crippen molar-refractivity contribution in [1.29, 1.82) is 0 Å². The number of hydrogen-bond donors (Lipinski definition) is 1. The summed E-state index contributed by atoms with van der Waals surface area (Å²) in [5.74, 6) is -0.617. The Balaban J connectivity index is 2.42. The van der Waals surface area contributed by atoms with Gasteiger partial charge < -0.3 is 5.32 Å². The summed E-state index contributed by atoms with van der Waals surface area (Å²) in [5.41, 5.74) is 2.66. The molecule has 0 saturated carbocycles. The van der Waals surface area contributed by atoms with Crippen molar-refractivity contribution >= 4 is 17.5 Å². The van der Waals surface area contributed by atoms with Crippen LogP contribution >= 0.6 is 11.6 Å². The van der Waals surface area contributed by atoms with Gasteiger partial charge in [0.25, 0.3) is 5.91 Å². The van der Waals surface area contributed by atoms with Crippen LogP contribution in [0.4, 0.5) is 4.39 Å². The number of benzene rings is 2. The van der Waals surface area contributed by atoms with Crippen molar-refractivity contribution in [3.8, 4) is 11.1 Å². The predicted octanol–water partition coefficient (Wildman–Crippen LogP) is 4.98. The van der Waals surface area contributed by atoms with Gasteiger partial charge in [-0.25, -0.2) is 4.39 Å². The molecule has 0 unspecified atom stereocenters. The van der Waals surface area contributed by atoms with E-state index >= 15 is 0 Å². The third-order valence-electron chi connectivity index (χ3n) is 3.08. The Morgan fingerprint density at radius 1 is 1.09 bits per heavy atom. The molecule has 2 rings (SSSR count). The van der Waals surface area contributed by atoms with E-state index in [2.05, 4.69) is 5.32 Å². The number of carbonyl (C=O) groups excluding carboxylic acids is 1. The van der Waals surface area contributed by atoms with Crippen molar-refractivity contribution in [3.63, 3.8) is 0 Å². The van der Waals surface area contributed by atoms with Crippen LogP contribution in [0.1, 0.15) is 36.7 Å². The highest BCUT2D eigenvalue weighted by molar-refractivity contribution is 6.30. The molecule has 0 aliphatic heterocycles. The Hall–Kier alpha value is -1.87. The smallest absolute Gasteiger partial charge is 0.251 e. The van der Waals surface area contributed by atoms with Gasteiger partial charge in [0, 0.05) is 11.1 Å². The zero-order valence-electron chi connectivity index (χ0n) is 13.1. The fourth-order valence-corrected chi connectivity index (χ4v) is 2.29. The van der Waals surface area contributed by atoms with Crippen molar-refractivity contribution in [2.75, 3.05) is 0 Å². The molecule has 0 saturated heterocycles. The number of rotatable bonds is 2. The van der Waals surface area contributed by atoms with Crippen molar-refractivity contribution in [3.05, 3.63) is 58.4 Å². The van der Waals surface area contributed by atoms with E-state index < -0.39 is 5.82 Å². The molecule has 1 N–H and O–H groups in total. The minimum atomic E-state index is -0.471. The van der Waals surface area contributed by atoms with E-state index in [1.807, 2.05) is 39.8 Å². The molecule has 22 heavy (non-hydrogen) atoms. The van der Waals surface area contributed by atoms with Gasteiger partial charge in [-0.2, -0.15) is 0 Å². The molecule has 0 aliphatic rings. The molecule has 0 atom stereocenters. The van der Waals surface area contributed by atoms with Gasteiger partial charge in [0.1, 0.15) is 5.82 Å². The third-order valence-corrected chi connectivity index (χ3v) is 3.39. The average molecular weight is 320 g/mol. The van der Waals surface area contributed by atoms with Gasteiger partial charge >= 0.3 is 0 Å². The summed E-state index contributed by atoms with van der Waals surface area (Å²) < 4.78 is 13.6. The fourth-order valence-electron chi connectivity index (χ4n) is 2.17. The minimum absolute atomic E-state index is 0.0853. The summed E-state index contributed by atoms with van der Waals surface area (Å²) in [5, 5.41) is 3.01. The first-order valence-corrected chi connectivity index (χ1v) is 7.43. The molecule has 0 radical (unpaired) electrons. The molecule has 0 heterocycles. The molecular formula is C18H19ClFNO. The van der Waals surface area contributed by atoms with Crippen LogP contribution in [0.2, 0.25) is 5.02 Å². The second-order valence-corrected chi connectivity index (χ2v) is 6.83. The van der Waals surface area contributed by atoms with Crippen molar-refractivity contribution < 1.29 is 9.18 Å². The van der Waals surface area contributed by atoms with E-state index in [-0.39, 0.29) is 16.5 Å². The van der Waals surface area contributed by atoms with E-state index in [4.69, 9.17) is 11.6 Å². The molecule has 2 aromatic carbocycles. The van der Waals surface area contributed by atoms with E-state index in [0.717, 1.165) is 11.1 Å². The standard InChI is InChI=1S/C18H19ClFNO/c1-11-7-13(12-5-6-15(19)16(20)10-12)9-14(8-11)17(22)21-18(2,3)4/h5-10H,1-4H3,(H,21,22). The maximum atomic E-state index is 13.6. The number of halogens is 2. The molecule has 4 heteroatoms. The highest BCUT2D eigenvalue weighted by Crippen LogP contribution is 2.26. The second-order valence-electron chi connectivity index (χ2n) is 6.42. The van der Waals surface area contributed by atoms with Crippen LogP contribution in [0.3, 0.4) is 0 Å². The summed E-state index contributed by atoms with van der Waals surface area (Å²) in [4.78, 5) is 12.3. The Labute approximate surface area is 135 Å². The Bertz CT molecular complexity index is 720. The number of nitrogens with one attached hydrogen (secondary N) is 1. The van der Waals surface area contributed by atoms with Crippen LogP contribution in [0.15, 0.2) is 36.4 Å². The summed E-state index contributed by atoms with van der Waals surface area (Å²) in [6.45, 7) is 7.69. The van der Waals surface area contributed by atoms with Gasteiger partial charge in [-0.15, -0.1) is 0 Å². The van der Waals surface area contributed by atoms with Crippen LogP contribution in [0, 0.1) is 12.7 Å². The summed E-state index contributed by atoms with van der Waals surface area (Å²) in [6, 6.07) is 10.1. The number of aryl methyl sites for hydroxylation is 1. The van der Waals surface area contributed by atoms with Crippen LogP contribution < -0.4 is 5.32 Å². The van der Waals surface area contributed by atoms with Crippen molar-refractivity contribution in [2.45, 2.75) is 33.2 Å². The van der Waals surface area contributed by atoms with E-state index in [1.165, 1.54) is 12.1 Å². The Morgan fingerprint density at radius 2 is 1.77 bits per heavy atom. The summed E-state index contributed by atoms with van der Waals surface area (Å²) in [6.07, 6.45) is 0. The first-order valence-electron chi connectivity index (χ1n) is 7.05. The minimum Gasteiger partial charge on any atom is -0.347 e. The van der Waals surface area contributed by atoms with Crippen molar-refractivity contribution in [2.24, 2.45) is 0 Å². The lowest BCUT2D eigenvalue weighted by Crippen LogP contribution is -2.40. The zero-order chi connectivity index (χ0) is 16.5. The van der Waals surface area contributed by atoms with Crippen molar-refractivity contribution in [1.82, 2.24) is 5.32 Å². The number of amides is 1. The molecule has 0 fully saturated rings. The highest BCUT2D eigenvalue weighted by Gasteiger charge is 2.16. The predicted molar refractivity (Wildman–Crippen MR) is 88.8 cm³/mol. The van der Waals surface area contributed by atoms with Crippen LogP contribution in [-0.4, -0.2) is 11.4 Å². The van der Waals surface area contributed by atoms with Crippen LogP contribution in [-0.2, 0) is 0 Å². The zero-order valence-corrected chi connectivity index (χ0v) is 13.9. The first kappa shape index (κ1) is 16.5. The largest absolute Gasteiger partial charge is 0.347 e. The van der Waals surface area contributed by atoms with Gasteiger partial charge in [0.2, 0.25) is 0 Å². The van der Waals surface area contributed by atoms with E-state index in [0.29, 0.717) is 11.1 Å². The van der Waals surface area contributed by atoms with E-state index in [1.54, 1.807) is 12.1 Å². The molecular weight excluding hydrogens is 301 g/mol. The topological polar surface area (TPSA) is 29.1 Å². The maximum Gasteiger partial charge on any atom is 0.251 e. The third kappa shape index (κ3) is 4.08. The summed E-state index contributed by atoms with van der Waals surface area (Å²) in [7, 11) is 0. The molecule has 0 bridgehead atoms.